The Morgan fingerprint density at radius 1 is 1.47 bits per heavy atom. The molecule has 100 valence electrons. The second-order valence-electron chi connectivity index (χ2n) is 5.53. The molecule has 1 heterocycles. The largest absolute Gasteiger partial charge is 0.396 e. The fraction of sp³-hybridized carbons (Fsp3) is 0.923. The summed E-state index contributed by atoms with van der Waals surface area (Å²) in [6.45, 7) is 8.77. The Hall–Kier alpha value is -0.610. The van der Waals surface area contributed by atoms with Gasteiger partial charge >= 0.3 is 0 Å². The number of hydrogen-bond donors (Lipinski definition) is 2. The standard InChI is InChI=1S/C13H26N2O2/c1-10(2)11(3)14-13(17)8-15-6-4-5-12(7-15)9-16/h10-12,16H,4-9H2,1-3H3,(H,14,17). The predicted molar refractivity (Wildman–Crippen MR) is 68.7 cm³/mol. The van der Waals surface area contributed by atoms with E-state index in [1.165, 1.54) is 0 Å². The van der Waals surface area contributed by atoms with Gasteiger partial charge < -0.3 is 10.4 Å². The van der Waals surface area contributed by atoms with Gasteiger partial charge in [-0.05, 0) is 38.1 Å². The minimum Gasteiger partial charge on any atom is -0.396 e. The number of aliphatic hydroxyl groups excluding tert-OH is 1. The molecule has 1 rings (SSSR count). The van der Waals surface area contributed by atoms with Gasteiger partial charge in [0.2, 0.25) is 5.91 Å². The maximum absolute atomic E-state index is 11.8. The smallest absolute Gasteiger partial charge is 0.234 e. The van der Waals surface area contributed by atoms with E-state index in [0.29, 0.717) is 18.4 Å². The maximum atomic E-state index is 11.8. The lowest BCUT2D eigenvalue weighted by atomic mass is 9.99. The first-order valence-corrected chi connectivity index (χ1v) is 6.65. The Kier molecular flexibility index (Phi) is 5.92. The number of nitrogens with zero attached hydrogens (tertiary/aromatic N) is 1. The van der Waals surface area contributed by atoms with Crippen molar-refractivity contribution >= 4 is 5.91 Å². The molecule has 1 aliphatic rings. The molecule has 0 aromatic carbocycles. The van der Waals surface area contributed by atoms with Gasteiger partial charge in [-0.3, -0.25) is 9.69 Å². The minimum atomic E-state index is 0.102. The van der Waals surface area contributed by atoms with E-state index >= 15 is 0 Å². The van der Waals surface area contributed by atoms with Crippen LogP contribution in [0.3, 0.4) is 0 Å². The van der Waals surface area contributed by atoms with Crippen LogP contribution in [0.5, 0.6) is 0 Å². The summed E-state index contributed by atoms with van der Waals surface area (Å²) in [4.78, 5) is 14.0. The minimum absolute atomic E-state index is 0.102. The molecule has 1 amide bonds. The van der Waals surface area contributed by atoms with Crippen LogP contribution in [0.25, 0.3) is 0 Å². The van der Waals surface area contributed by atoms with Gasteiger partial charge in [-0.25, -0.2) is 0 Å². The van der Waals surface area contributed by atoms with E-state index in [0.717, 1.165) is 25.9 Å². The van der Waals surface area contributed by atoms with Crippen LogP contribution in [0.1, 0.15) is 33.6 Å². The molecule has 17 heavy (non-hydrogen) atoms. The molecule has 2 unspecified atom stereocenters. The van der Waals surface area contributed by atoms with Crippen LogP contribution in [0.4, 0.5) is 0 Å². The molecule has 1 saturated heterocycles. The van der Waals surface area contributed by atoms with Gasteiger partial charge in [-0.15, -0.1) is 0 Å². The molecule has 0 radical (unpaired) electrons. The summed E-state index contributed by atoms with van der Waals surface area (Å²) in [5.41, 5.74) is 0. The first kappa shape index (κ1) is 14.5. The Balaban J connectivity index is 2.30. The van der Waals surface area contributed by atoms with E-state index in [-0.39, 0.29) is 18.6 Å². The monoisotopic (exact) mass is 242 g/mol. The van der Waals surface area contributed by atoms with Gasteiger partial charge in [0.05, 0.1) is 6.54 Å². The number of hydrogen-bond acceptors (Lipinski definition) is 3. The molecule has 2 atom stereocenters. The Morgan fingerprint density at radius 3 is 2.76 bits per heavy atom. The first-order chi connectivity index (χ1) is 8.02. The molecule has 1 fully saturated rings. The third-order valence-corrected chi connectivity index (χ3v) is 3.62. The molecule has 0 aromatic heterocycles. The third kappa shape index (κ3) is 5.04. The van der Waals surface area contributed by atoms with Crippen LogP contribution in [0.15, 0.2) is 0 Å². The summed E-state index contributed by atoms with van der Waals surface area (Å²) in [6, 6.07) is 0.223. The number of rotatable bonds is 5. The summed E-state index contributed by atoms with van der Waals surface area (Å²) in [7, 11) is 0. The van der Waals surface area contributed by atoms with Crippen molar-refractivity contribution in [3.63, 3.8) is 0 Å². The lowest BCUT2D eigenvalue weighted by molar-refractivity contribution is -0.123. The van der Waals surface area contributed by atoms with Crippen LogP contribution >= 0.6 is 0 Å². The predicted octanol–water partition coefficient (Wildman–Crippen LogP) is 0.851. The fourth-order valence-corrected chi connectivity index (χ4v) is 2.11. The number of likely N-dealkylation sites (tertiary alicyclic amines) is 1. The van der Waals surface area contributed by atoms with Crippen molar-refractivity contribution < 1.29 is 9.90 Å². The van der Waals surface area contributed by atoms with Gasteiger partial charge in [-0.1, -0.05) is 13.8 Å². The average Bonchev–Trinajstić information content (AvgIpc) is 2.28. The number of carbonyl (C=O) groups is 1. The zero-order chi connectivity index (χ0) is 12.8. The van der Waals surface area contributed by atoms with E-state index in [4.69, 9.17) is 5.11 Å². The molecule has 0 bridgehead atoms. The maximum Gasteiger partial charge on any atom is 0.234 e. The molecule has 4 nitrogen and oxygen atoms in total. The highest BCUT2D eigenvalue weighted by Crippen LogP contribution is 2.15. The van der Waals surface area contributed by atoms with Gasteiger partial charge in [-0.2, -0.15) is 0 Å². The molecule has 4 heteroatoms. The Morgan fingerprint density at radius 2 is 2.18 bits per heavy atom. The van der Waals surface area contributed by atoms with E-state index < -0.39 is 0 Å². The fourth-order valence-electron chi connectivity index (χ4n) is 2.11. The second kappa shape index (κ2) is 6.97. The van der Waals surface area contributed by atoms with Crippen LogP contribution in [0, 0.1) is 11.8 Å². The summed E-state index contributed by atoms with van der Waals surface area (Å²) in [6.07, 6.45) is 2.16. The Bertz CT molecular complexity index is 244. The highest BCUT2D eigenvalue weighted by molar-refractivity contribution is 5.78. The third-order valence-electron chi connectivity index (χ3n) is 3.62. The highest BCUT2D eigenvalue weighted by Gasteiger charge is 2.21. The van der Waals surface area contributed by atoms with Gasteiger partial charge in [0.15, 0.2) is 0 Å². The molecule has 0 saturated carbocycles. The van der Waals surface area contributed by atoms with Crippen molar-refractivity contribution in [1.82, 2.24) is 10.2 Å². The number of carbonyl (C=O) groups excluding carboxylic acids is 1. The van der Waals surface area contributed by atoms with Crippen molar-refractivity contribution in [1.29, 1.82) is 0 Å². The molecular formula is C13H26N2O2. The first-order valence-electron chi connectivity index (χ1n) is 6.65. The number of amides is 1. The molecule has 1 aliphatic heterocycles. The summed E-state index contributed by atoms with van der Waals surface area (Å²) in [5.74, 6) is 0.911. The summed E-state index contributed by atoms with van der Waals surface area (Å²) in [5, 5.41) is 12.2. The normalized spacial score (nSPS) is 23.7. The Labute approximate surface area is 104 Å². The lowest BCUT2D eigenvalue weighted by Gasteiger charge is -2.31. The van der Waals surface area contributed by atoms with Crippen LogP contribution < -0.4 is 5.32 Å². The van der Waals surface area contributed by atoms with Crippen LogP contribution in [0.2, 0.25) is 0 Å². The zero-order valence-electron chi connectivity index (χ0n) is 11.3. The van der Waals surface area contributed by atoms with Crippen molar-refractivity contribution in [3.05, 3.63) is 0 Å². The SMILES string of the molecule is CC(C)C(C)NC(=O)CN1CCCC(CO)C1. The summed E-state index contributed by atoms with van der Waals surface area (Å²) >= 11 is 0. The average molecular weight is 242 g/mol. The molecular weight excluding hydrogens is 216 g/mol. The molecule has 2 N–H and O–H groups in total. The van der Waals surface area contributed by atoms with E-state index in [1.807, 2.05) is 6.92 Å². The zero-order valence-corrected chi connectivity index (χ0v) is 11.3. The van der Waals surface area contributed by atoms with Gasteiger partial charge in [0.1, 0.15) is 0 Å². The molecule has 0 aromatic rings. The van der Waals surface area contributed by atoms with E-state index in [2.05, 4.69) is 24.1 Å². The van der Waals surface area contributed by atoms with E-state index in [1.54, 1.807) is 0 Å². The lowest BCUT2D eigenvalue weighted by Crippen LogP contribution is -2.46. The van der Waals surface area contributed by atoms with E-state index in [9.17, 15) is 4.79 Å². The second-order valence-corrected chi connectivity index (χ2v) is 5.53. The van der Waals surface area contributed by atoms with Gasteiger partial charge in [0.25, 0.3) is 0 Å². The molecule has 0 spiro atoms. The number of piperidine rings is 1. The van der Waals surface area contributed by atoms with Gasteiger partial charge in [0, 0.05) is 19.2 Å². The number of nitrogens with one attached hydrogen (secondary N) is 1. The highest BCUT2D eigenvalue weighted by atomic mass is 16.3. The molecule has 0 aliphatic carbocycles. The topological polar surface area (TPSA) is 52.6 Å². The van der Waals surface area contributed by atoms with Crippen LogP contribution in [-0.4, -0.2) is 48.2 Å². The van der Waals surface area contributed by atoms with Crippen LogP contribution in [-0.2, 0) is 4.79 Å². The summed E-state index contributed by atoms with van der Waals surface area (Å²) < 4.78 is 0. The van der Waals surface area contributed by atoms with Crippen molar-refractivity contribution in [2.75, 3.05) is 26.2 Å². The van der Waals surface area contributed by atoms with Crippen molar-refractivity contribution in [3.8, 4) is 0 Å². The quantitative estimate of drug-likeness (QED) is 0.751. The number of aliphatic hydroxyl groups is 1. The van der Waals surface area contributed by atoms with Crippen molar-refractivity contribution in [2.24, 2.45) is 11.8 Å². The van der Waals surface area contributed by atoms with Crippen molar-refractivity contribution in [2.45, 2.75) is 39.7 Å².